The first-order chi connectivity index (χ1) is 8.11. The monoisotopic (exact) mass is 234 g/mol. The van der Waals surface area contributed by atoms with Gasteiger partial charge in [0.2, 0.25) is 0 Å². The predicted octanol–water partition coefficient (Wildman–Crippen LogP) is 2.44. The number of aromatic nitrogens is 1. The Morgan fingerprint density at radius 3 is 2.82 bits per heavy atom. The maximum atomic E-state index is 9.15. The molecule has 2 heterocycles. The molecule has 17 heavy (non-hydrogen) atoms. The number of pyridine rings is 1. The van der Waals surface area contributed by atoms with Crippen molar-refractivity contribution in [1.82, 2.24) is 4.98 Å². The molecule has 1 N–H and O–H groups in total. The summed E-state index contributed by atoms with van der Waals surface area (Å²) >= 11 is 0. The van der Waals surface area contributed by atoms with Crippen molar-refractivity contribution in [2.45, 2.75) is 39.8 Å². The molecule has 2 rings (SSSR count). The second-order valence-corrected chi connectivity index (χ2v) is 5.36. The first kappa shape index (κ1) is 12.4. The van der Waals surface area contributed by atoms with E-state index >= 15 is 0 Å². The van der Waals surface area contributed by atoms with E-state index in [4.69, 9.17) is 5.11 Å². The van der Waals surface area contributed by atoms with E-state index in [2.05, 4.69) is 30.7 Å². The lowest BCUT2D eigenvalue weighted by Crippen LogP contribution is -2.46. The largest absolute Gasteiger partial charge is 0.390 e. The van der Waals surface area contributed by atoms with Gasteiger partial charge in [0.25, 0.3) is 0 Å². The fraction of sp³-hybridized carbons (Fsp3) is 0.643. The van der Waals surface area contributed by atoms with Crippen LogP contribution in [0.5, 0.6) is 0 Å². The quantitative estimate of drug-likeness (QED) is 0.854. The maximum Gasteiger partial charge on any atom is 0.129 e. The van der Waals surface area contributed by atoms with E-state index in [1.807, 2.05) is 18.2 Å². The highest BCUT2D eigenvalue weighted by Gasteiger charge is 2.29. The maximum absolute atomic E-state index is 9.15. The number of aliphatic hydroxyl groups is 1. The minimum Gasteiger partial charge on any atom is -0.390 e. The molecule has 1 aromatic rings. The van der Waals surface area contributed by atoms with Gasteiger partial charge in [-0.15, -0.1) is 0 Å². The Bertz CT molecular complexity index is 380. The molecule has 0 radical (unpaired) electrons. The molecule has 0 saturated carbocycles. The third-order valence-electron chi connectivity index (χ3n) is 3.85. The molecule has 0 amide bonds. The molecule has 0 aliphatic carbocycles. The Labute approximate surface area is 103 Å². The van der Waals surface area contributed by atoms with Crippen molar-refractivity contribution in [2.24, 2.45) is 11.8 Å². The smallest absolute Gasteiger partial charge is 0.129 e. The number of aliphatic hydroxyl groups excluding tert-OH is 1. The van der Waals surface area contributed by atoms with E-state index < -0.39 is 0 Å². The molecule has 0 spiro atoms. The fourth-order valence-corrected chi connectivity index (χ4v) is 2.73. The van der Waals surface area contributed by atoms with Gasteiger partial charge in [0.1, 0.15) is 5.82 Å². The van der Waals surface area contributed by atoms with Crippen molar-refractivity contribution in [2.75, 3.05) is 11.4 Å². The van der Waals surface area contributed by atoms with Gasteiger partial charge in [-0.2, -0.15) is 0 Å². The molecule has 94 valence electrons. The Kier molecular flexibility index (Phi) is 3.67. The second-order valence-electron chi connectivity index (χ2n) is 5.36. The van der Waals surface area contributed by atoms with Crippen LogP contribution in [-0.4, -0.2) is 22.7 Å². The van der Waals surface area contributed by atoms with E-state index in [1.165, 1.54) is 6.42 Å². The van der Waals surface area contributed by atoms with Crippen LogP contribution in [0.4, 0.5) is 5.82 Å². The van der Waals surface area contributed by atoms with E-state index in [-0.39, 0.29) is 6.61 Å². The van der Waals surface area contributed by atoms with Gasteiger partial charge in [-0.05, 0) is 37.3 Å². The third kappa shape index (κ3) is 2.60. The molecule has 3 heteroatoms. The molecule has 3 atom stereocenters. The van der Waals surface area contributed by atoms with Gasteiger partial charge in [0.05, 0.1) is 12.3 Å². The molecule has 1 aliphatic rings. The predicted molar refractivity (Wildman–Crippen MR) is 69.9 cm³/mol. The van der Waals surface area contributed by atoms with Gasteiger partial charge in [0.15, 0.2) is 0 Å². The van der Waals surface area contributed by atoms with Crippen LogP contribution in [-0.2, 0) is 6.61 Å². The lowest BCUT2D eigenvalue weighted by molar-refractivity contribution is 0.275. The minimum absolute atomic E-state index is 0.0150. The zero-order valence-corrected chi connectivity index (χ0v) is 10.9. The van der Waals surface area contributed by atoms with Gasteiger partial charge < -0.3 is 10.0 Å². The number of anilines is 1. The Hall–Kier alpha value is -1.09. The highest BCUT2D eigenvalue weighted by molar-refractivity contribution is 5.41. The average Bonchev–Trinajstić information content (AvgIpc) is 2.34. The summed E-state index contributed by atoms with van der Waals surface area (Å²) in [4.78, 5) is 6.88. The topological polar surface area (TPSA) is 36.4 Å². The highest BCUT2D eigenvalue weighted by Crippen LogP contribution is 2.30. The first-order valence-corrected chi connectivity index (χ1v) is 6.45. The zero-order valence-electron chi connectivity index (χ0n) is 10.9. The molecule has 0 bridgehead atoms. The fourth-order valence-electron chi connectivity index (χ4n) is 2.73. The lowest BCUT2D eigenvalue weighted by Gasteiger charge is -2.42. The van der Waals surface area contributed by atoms with Crippen molar-refractivity contribution in [1.29, 1.82) is 0 Å². The second kappa shape index (κ2) is 5.05. The minimum atomic E-state index is 0.0150. The summed E-state index contributed by atoms with van der Waals surface area (Å²) in [5.41, 5.74) is 0.751. The SMILES string of the molecule is CC1CC(C)C(C)N(c2cccc(CO)n2)C1. The molecule has 1 fully saturated rings. The van der Waals surface area contributed by atoms with E-state index in [1.54, 1.807) is 0 Å². The van der Waals surface area contributed by atoms with Crippen LogP contribution in [0.3, 0.4) is 0 Å². The normalized spacial score (nSPS) is 29.4. The van der Waals surface area contributed by atoms with Crippen molar-refractivity contribution in [3.8, 4) is 0 Å². The molecular formula is C14H22N2O. The summed E-state index contributed by atoms with van der Waals surface area (Å²) < 4.78 is 0. The summed E-state index contributed by atoms with van der Waals surface area (Å²) in [6.45, 7) is 7.95. The van der Waals surface area contributed by atoms with Gasteiger partial charge >= 0.3 is 0 Å². The Morgan fingerprint density at radius 2 is 2.12 bits per heavy atom. The average molecular weight is 234 g/mol. The summed E-state index contributed by atoms with van der Waals surface area (Å²) in [5.74, 6) is 2.40. The third-order valence-corrected chi connectivity index (χ3v) is 3.85. The lowest BCUT2D eigenvalue weighted by atomic mass is 9.86. The molecule has 3 unspecified atom stereocenters. The van der Waals surface area contributed by atoms with Crippen molar-refractivity contribution < 1.29 is 5.11 Å². The van der Waals surface area contributed by atoms with E-state index in [9.17, 15) is 0 Å². The van der Waals surface area contributed by atoms with Crippen LogP contribution in [0.2, 0.25) is 0 Å². The van der Waals surface area contributed by atoms with Crippen molar-refractivity contribution >= 4 is 5.82 Å². The number of nitrogens with zero attached hydrogens (tertiary/aromatic N) is 2. The van der Waals surface area contributed by atoms with Crippen LogP contribution >= 0.6 is 0 Å². The zero-order chi connectivity index (χ0) is 12.4. The summed E-state index contributed by atoms with van der Waals surface area (Å²) in [5, 5.41) is 9.15. The van der Waals surface area contributed by atoms with Gasteiger partial charge in [0, 0.05) is 12.6 Å². The van der Waals surface area contributed by atoms with Gasteiger partial charge in [-0.3, -0.25) is 0 Å². The summed E-state index contributed by atoms with van der Waals surface area (Å²) in [6, 6.07) is 6.41. The van der Waals surface area contributed by atoms with Crippen LogP contribution in [0.1, 0.15) is 32.9 Å². The van der Waals surface area contributed by atoms with Crippen LogP contribution in [0.25, 0.3) is 0 Å². The Balaban J connectivity index is 2.24. The molecule has 0 aromatic carbocycles. The molecular weight excluding hydrogens is 212 g/mol. The first-order valence-electron chi connectivity index (χ1n) is 6.45. The van der Waals surface area contributed by atoms with Crippen LogP contribution in [0.15, 0.2) is 18.2 Å². The number of rotatable bonds is 2. The van der Waals surface area contributed by atoms with E-state index in [0.29, 0.717) is 17.9 Å². The van der Waals surface area contributed by atoms with Crippen LogP contribution < -0.4 is 4.90 Å². The van der Waals surface area contributed by atoms with Gasteiger partial charge in [-0.25, -0.2) is 4.98 Å². The van der Waals surface area contributed by atoms with E-state index in [0.717, 1.165) is 18.1 Å². The molecule has 3 nitrogen and oxygen atoms in total. The number of hydrogen-bond acceptors (Lipinski definition) is 3. The number of piperidine rings is 1. The number of hydrogen-bond donors (Lipinski definition) is 1. The van der Waals surface area contributed by atoms with Crippen molar-refractivity contribution in [3.63, 3.8) is 0 Å². The summed E-state index contributed by atoms with van der Waals surface area (Å²) in [7, 11) is 0. The Morgan fingerprint density at radius 1 is 1.35 bits per heavy atom. The standard InChI is InChI=1S/C14H22N2O/c1-10-7-11(2)12(3)16(8-10)14-6-4-5-13(9-17)15-14/h4-6,10-12,17H,7-9H2,1-3H3. The van der Waals surface area contributed by atoms with Crippen LogP contribution in [0, 0.1) is 11.8 Å². The highest BCUT2D eigenvalue weighted by atomic mass is 16.3. The van der Waals surface area contributed by atoms with Crippen molar-refractivity contribution in [3.05, 3.63) is 23.9 Å². The summed E-state index contributed by atoms with van der Waals surface area (Å²) in [6.07, 6.45) is 1.29. The molecule has 1 aromatic heterocycles. The molecule has 1 saturated heterocycles. The van der Waals surface area contributed by atoms with Gasteiger partial charge in [-0.1, -0.05) is 19.9 Å². The molecule has 1 aliphatic heterocycles.